The van der Waals surface area contributed by atoms with E-state index in [1.165, 1.54) is 0 Å². The summed E-state index contributed by atoms with van der Waals surface area (Å²) in [6.45, 7) is 5.43. The van der Waals surface area contributed by atoms with Crippen LogP contribution in [-0.2, 0) is 14.3 Å². The number of carboxylic acid groups (broad SMARTS) is 1. The lowest BCUT2D eigenvalue weighted by atomic mass is 10.00. The van der Waals surface area contributed by atoms with E-state index in [1.54, 1.807) is 13.8 Å². The number of carbonyl (C=O) groups excluding carboxylic acids is 1. The smallest absolute Gasteiger partial charge is 0.306 e. The number of hydrogen-bond acceptors (Lipinski definition) is 3. The number of esters is 1. The number of aliphatic carboxylic acids is 1. The third-order valence-electron chi connectivity index (χ3n) is 2.50. The highest BCUT2D eigenvalue weighted by molar-refractivity contribution is 5.70. The molecule has 2 atom stereocenters. The molecule has 0 fully saturated rings. The zero-order valence-corrected chi connectivity index (χ0v) is 10.4. The van der Waals surface area contributed by atoms with Crippen LogP contribution in [0.15, 0.2) is 0 Å². The van der Waals surface area contributed by atoms with Crippen molar-refractivity contribution in [2.45, 2.75) is 59.0 Å². The molecule has 0 aromatic carbocycles. The number of ether oxygens (including phenoxy) is 1. The molecular weight excluding hydrogens is 208 g/mol. The Morgan fingerprint density at radius 2 is 1.94 bits per heavy atom. The van der Waals surface area contributed by atoms with E-state index in [2.05, 4.69) is 6.92 Å². The second-order valence-electron chi connectivity index (χ2n) is 4.08. The Bertz CT molecular complexity index is 225. The summed E-state index contributed by atoms with van der Waals surface area (Å²) in [6, 6.07) is 0. The van der Waals surface area contributed by atoms with E-state index in [1.807, 2.05) is 0 Å². The molecule has 0 bridgehead atoms. The number of hydrogen-bond donors (Lipinski definition) is 1. The highest BCUT2D eigenvalue weighted by atomic mass is 16.5. The maximum atomic E-state index is 11.2. The van der Waals surface area contributed by atoms with E-state index in [0.717, 1.165) is 19.3 Å². The average molecular weight is 230 g/mol. The third-order valence-corrected chi connectivity index (χ3v) is 2.50. The van der Waals surface area contributed by atoms with Crippen molar-refractivity contribution in [1.82, 2.24) is 0 Å². The lowest BCUT2D eigenvalue weighted by Crippen LogP contribution is -2.23. The summed E-state index contributed by atoms with van der Waals surface area (Å²) in [5.74, 6) is -1.56. The Morgan fingerprint density at radius 1 is 1.31 bits per heavy atom. The fraction of sp³-hybridized carbons (Fsp3) is 0.833. The van der Waals surface area contributed by atoms with Gasteiger partial charge in [0.05, 0.1) is 5.92 Å². The molecule has 4 nitrogen and oxygen atoms in total. The monoisotopic (exact) mass is 230 g/mol. The van der Waals surface area contributed by atoms with Crippen LogP contribution in [0.2, 0.25) is 0 Å². The van der Waals surface area contributed by atoms with Crippen LogP contribution >= 0.6 is 0 Å². The molecule has 4 heteroatoms. The molecule has 0 aliphatic carbocycles. The largest absolute Gasteiger partial charge is 0.481 e. The molecule has 0 aliphatic heterocycles. The van der Waals surface area contributed by atoms with Gasteiger partial charge in [0, 0.05) is 6.42 Å². The summed E-state index contributed by atoms with van der Waals surface area (Å²) in [4.78, 5) is 21.9. The van der Waals surface area contributed by atoms with E-state index in [0.29, 0.717) is 12.8 Å². The fourth-order valence-corrected chi connectivity index (χ4v) is 1.42. The number of unbranched alkanes of at least 4 members (excludes halogenated alkanes) is 1. The zero-order valence-electron chi connectivity index (χ0n) is 10.4. The molecule has 94 valence electrons. The van der Waals surface area contributed by atoms with Crippen LogP contribution in [0.5, 0.6) is 0 Å². The van der Waals surface area contributed by atoms with Crippen LogP contribution < -0.4 is 0 Å². The van der Waals surface area contributed by atoms with E-state index < -0.39 is 11.9 Å². The van der Waals surface area contributed by atoms with E-state index in [4.69, 9.17) is 9.84 Å². The summed E-state index contributed by atoms with van der Waals surface area (Å²) < 4.78 is 5.22. The fourth-order valence-electron chi connectivity index (χ4n) is 1.42. The van der Waals surface area contributed by atoms with Crippen molar-refractivity contribution >= 4 is 11.9 Å². The predicted molar refractivity (Wildman–Crippen MR) is 61.1 cm³/mol. The average Bonchev–Trinajstić information content (AvgIpc) is 2.25. The molecule has 0 rings (SSSR count). The first-order valence-corrected chi connectivity index (χ1v) is 5.93. The van der Waals surface area contributed by atoms with Crippen molar-refractivity contribution in [1.29, 1.82) is 0 Å². The van der Waals surface area contributed by atoms with Crippen molar-refractivity contribution in [2.75, 3.05) is 0 Å². The number of carbonyl (C=O) groups is 2. The van der Waals surface area contributed by atoms with Crippen LogP contribution in [0, 0.1) is 5.92 Å². The van der Waals surface area contributed by atoms with Gasteiger partial charge in [-0.05, 0) is 12.8 Å². The van der Waals surface area contributed by atoms with Gasteiger partial charge in [-0.15, -0.1) is 0 Å². The van der Waals surface area contributed by atoms with Crippen molar-refractivity contribution in [2.24, 2.45) is 5.92 Å². The summed E-state index contributed by atoms with van der Waals surface area (Å²) in [6.07, 6.45) is 3.21. The van der Waals surface area contributed by atoms with Gasteiger partial charge in [0.1, 0.15) is 6.10 Å². The Hall–Kier alpha value is -1.06. The molecule has 0 heterocycles. The van der Waals surface area contributed by atoms with Crippen molar-refractivity contribution in [3.05, 3.63) is 0 Å². The zero-order chi connectivity index (χ0) is 12.6. The molecule has 0 aliphatic rings. The Labute approximate surface area is 97.0 Å². The molecule has 0 spiro atoms. The van der Waals surface area contributed by atoms with Gasteiger partial charge in [-0.2, -0.15) is 0 Å². The van der Waals surface area contributed by atoms with Gasteiger partial charge in [-0.1, -0.05) is 33.6 Å². The maximum Gasteiger partial charge on any atom is 0.306 e. The van der Waals surface area contributed by atoms with Crippen LogP contribution in [-0.4, -0.2) is 23.1 Å². The Balaban J connectivity index is 4.18. The summed E-state index contributed by atoms with van der Waals surface area (Å²) in [5, 5.41) is 8.81. The van der Waals surface area contributed by atoms with Gasteiger partial charge >= 0.3 is 11.9 Å². The lowest BCUT2D eigenvalue weighted by molar-refractivity contribution is -0.153. The second-order valence-corrected chi connectivity index (χ2v) is 4.08. The highest BCUT2D eigenvalue weighted by Crippen LogP contribution is 2.16. The van der Waals surface area contributed by atoms with Gasteiger partial charge in [-0.25, -0.2) is 0 Å². The van der Waals surface area contributed by atoms with Crippen LogP contribution in [0.4, 0.5) is 0 Å². The summed E-state index contributed by atoms with van der Waals surface area (Å²) >= 11 is 0. The van der Waals surface area contributed by atoms with Gasteiger partial charge in [0.25, 0.3) is 0 Å². The van der Waals surface area contributed by atoms with E-state index in [9.17, 15) is 9.59 Å². The highest BCUT2D eigenvalue weighted by Gasteiger charge is 2.20. The topological polar surface area (TPSA) is 63.6 Å². The van der Waals surface area contributed by atoms with Gasteiger partial charge in [0.15, 0.2) is 0 Å². The van der Waals surface area contributed by atoms with Crippen molar-refractivity contribution in [3.8, 4) is 0 Å². The SMILES string of the molecule is CCCCC(CC(C)C(=O)O)OC(=O)CC. The molecule has 1 N–H and O–H groups in total. The number of carboxylic acids is 1. The van der Waals surface area contributed by atoms with Crippen LogP contribution in [0.1, 0.15) is 52.9 Å². The van der Waals surface area contributed by atoms with Crippen LogP contribution in [0.25, 0.3) is 0 Å². The summed E-state index contributed by atoms with van der Waals surface area (Å²) in [5.41, 5.74) is 0. The molecule has 2 unspecified atom stereocenters. The van der Waals surface area contributed by atoms with Crippen LogP contribution in [0.3, 0.4) is 0 Å². The standard InChI is InChI=1S/C12H22O4/c1-4-6-7-10(16-11(13)5-2)8-9(3)12(14)15/h9-10H,4-8H2,1-3H3,(H,14,15). The van der Waals surface area contributed by atoms with E-state index in [-0.39, 0.29) is 12.1 Å². The first-order valence-electron chi connectivity index (χ1n) is 5.93. The second kappa shape index (κ2) is 8.13. The molecule has 16 heavy (non-hydrogen) atoms. The van der Waals surface area contributed by atoms with Gasteiger partial charge < -0.3 is 9.84 Å². The van der Waals surface area contributed by atoms with Gasteiger partial charge in [0.2, 0.25) is 0 Å². The third kappa shape index (κ3) is 6.43. The molecule has 0 aromatic rings. The van der Waals surface area contributed by atoms with Crippen molar-refractivity contribution < 1.29 is 19.4 Å². The van der Waals surface area contributed by atoms with E-state index >= 15 is 0 Å². The Kier molecular flexibility index (Phi) is 7.60. The summed E-state index contributed by atoms with van der Waals surface area (Å²) in [7, 11) is 0. The molecule has 0 saturated heterocycles. The van der Waals surface area contributed by atoms with Gasteiger partial charge in [-0.3, -0.25) is 9.59 Å². The normalized spacial score (nSPS) is 14.2. The predicted octanol–water partition coefficient (Wildman–Crippen LogP) is 2.61. The lowest BCUT2D eigenvalue weighted by Gasteiger charge is -2.19. The number of rotatable bonds is 8. The van der Waals surface area contributed by atoms with Crippen molar-refractivity contribution in [3.63, 3.8) is 0 Å². The minimum absolute atomic E-state index is 0.251. The first-order chi connectivity index (χ1) is 7.51. The first kappa shape index (κ1) is 14.9. The molecular formula is C12H22O4. The molecule has 0 radical (unpaired) electrons. The molecule has 0 saturated carbocycles. The molecule has 0 amide bonds. The quantitative estimate of drug-likeness (QED) is 0.651. The molecule has 0 aromatic heterocycles. The Morgan fingerprint density at radius 3 is 2.38 bits per heavy atom. The maximum absolute atomic E-state index is 11.2. The minimum atomic E-state index is -0.839. The minimum Gasteiger partial charge on any atom is -0.481 e.